The van der Waals surface area contributed by atoms with Gasteiger partial charge < -0.3 is 5.32 Å². The zero-order chi connectivity index (χ0) is 14.2. The predicted octanol–water partition coefficient (Wildman–Crippen LogP) is 4.30. The van der Waals surface area contributed by atoms with Gasteiger partial charge in [0.25, 0.3) is 0 Å². The molecule has 1 N–H and O–H groups in total. The van der Waals surface area contributed by atoms with Crippen molar-refractivity contribution < 1.29 is 0 Å². The fraction of sp³-hybridized carbons (Fsp3) is 0.211. The van der Waals surface area contributed by atoms with Crippen molar-refractivity contribution in [3.8, 4) is 0 Å². The summed E-state index contributed by atoms with van der Waals surface area (Å²) in [5, 5.41) is 6.02. The van der Waals surface area contributed by atoms with Crippen LogP contribution in [0.25, 0.3) is 10.8 Å². The molecule has 1 aromatic heterocycles. The Hall–Kier alpha value is -2.35. The van der Waals surface area contributed by atoms with Crippen molar-refractivity contribution in [3.05, 3.63) is 71.4 Å². The highest BCUT2D eigenvalue weighted by atomic mass is 15.0. The lowest BCUT2D eigenvalue weighted by Gasteiger charge is -2.30. The molecule has 1 aliphatic rings. The molecule has 3 aromatic rings. The van der Waals surface area contributed by atoms with Crippen LogP contribution >= 0.6 is 0 Å². The van der Waals surface area contributed by atoms with Crippen LogP contribution in [0.15, 0.2) is 54.6 Å². The summed E-state index contributed by atoms with van der Waals surface area (Å²) < 4.78 is 0. The lowest BCUT2D eigenvalue weighted by Crippen LogP contribution is -2.24. The van der Waals surface area contributed by atoms with Gasteiger partial charge in [0.1, 0.15) is 5.82 Å². The molecule has 4 rings (SSSR count). The molecule has 0 fully saturated rings. The Kier molecular flexibility index (Phi) is 2.88. The summed E-state index contributed by atoms with van der Waals surface area (Å²) in [4.78, 5) is 4.68. The van der Waals surface area contributed by atoms with Gasteiger partial charge in [-0.15, -0.1) is 0 Å². The van der Waals surface area contributed by atoms with Crippen LogP contribution in [0.5, 0.6) is 0 Å². The van der Waals surface area contributed by atoms with E-state index in [1.165, 1.54) is 28.3 Å². The third-order valence-corrected chi connectivity index (χ3v) is 4.35. The highest BCUT2D eigenvalue weighted by Gasteiger charge is 2.25. The van der Waals surface area contributed by atoms with E-state index in [1.807, 2.05) is 0 Å². The van der Waals surface area contributed by atoms with Crippen molar-refractivity contribution in [1.29, 1.82) is 0 Å². The lowest BCUT2D eigenvalue weighted by atomic mass is 9.77. The molecule has 2 nitrogen and oxygen atoms in total. The molecular formula is C19H18N2. The lowest BCUT2D eigenvalue weighted by molar-refractivity contribution is 0.635. The van der Waals surface area contributed by atoms with Gasteiger partial charge in [0.05, 0.1) is 0 Å². The number of anilines is 1. The van der Waals surface area contributed by atoms with Crippen LogP contribution in [0.1, 0.15) is 22.7 Å². The highest BCUT2D eigenvalue weighted by Crippen LogP contribution is 2.35. The van der Waals surface area contributed by atoms with Gasteiger partial charge in [-0.05, 0) is 35.9 Å². The van der Waals surface area contributed by atoms with E-state index in [1.54, 1.807) is 0 Å². The van der Waals surface area contributed by atoms with Gasteiger partial charge in [0.15, 0.2) is 0 Å². The Balaban J connectivity index is 1.59. The fourth-order valence-corrected chi connectivity index (χ4v) is 3.23. The molecule has 0 aliphatic heterocycles. The van der Waals surface area contributed by atoms with Crippen LogP contribution in [-0.2, 0) is 6.42 Å². The second kappa shape index (κ2) is 4.88. The number of aromatic nitrogens is 1. The van der Waals surface area contributed by atoms with Crippen LogP contribution in [0.3, 0.4) is 0 Å². The summed E-state index contributed by atoms with van der Waals surface area (Å²) in [5.74, 6) is 1.62. The summed E-state index contributed by atoms with van der Waals surface area (Å²) >= 11 is 0. The minimum absolute atomic E-state index is 0.613. The van der Waals surface area contributed by atoms with Gasteiger partial charge in [-0.2, -0.15) is 0 Å². The van der Waals surface area contributed by atoms with E-state index >= 15 is 0 Å². The van der Waals surface area contributed by atoms with Crippen LogP contribution in [-0.4, -0.2) is 11.5 Å². The quantitative estimate of drug-likeness (QED) is 0.770. The standard InChI is InChI=1S/C19H18N2/c1-13-10-14-6-3-5-9-18(14)19(21-13)20-12-16-11-15-7-2-4-8-17(15)16/h2-10,16H,11-12H2,1H3,(H,20,21). The Labute approximate surface area is 124 Å². The molecule has 0 spiro atoms. The number of pyridine rings is 1. The van der Waals surface area contributed by atoms with Crippen molar-refractivity contribution >= 4 is 16.6 Å². The molecular weight excluding hydrogens is 256 g/mol. The van der Waals surface area contributed by atoms with E-state index in [2.05, 4.69) is 71.8 Å². The average Bonchev–Trinajstić information content (AvgIpc) is 2.48. The van der Waals surface area contributed by atoms with Crippen LogP contribution in [0, 0.1) is 6.92 Å². The third kappa shape index (κ3) is 2.17. The Morgan fingerprint density at radius 1 is 1.10 bits per heavy atom. The summed E-state index contributed by atoms with van der Waals surface area (Å²) in [6.07, 6.45) is 1.17. The first-order valence-corrected chi connectivity index (χ1v) is 7.49. The fourth-order valence-electron chi connectivity index (χ4n) is 3.23. The molecule has 1 unspecified atom stereocenters. The minimum atomic E-state index is 0.613. The Morgan fingerprint density at radius 2 is 1.90 bits per heavy atom. The average molecular weight is 274 g/mol. The van der Waals surface area contributed by atoms with E-state index in [0.29, 0.717) is 5.92 Å². The van der Waals surface area contributed by atoms with Crippen molar-refractivity contribution in [3.63, 3.8) is 0 Å². The third-order valence-electron chi connectivity index (χ3n) is 4.35. The summed E-state index contributed by atoms with van der Waals surface area (Å²) in [6.45, 7) is 3.01. The molecule has 1 heterocycles. The highest BCUT2D eigenvalue weighted by molar-refractivity contribution is 5.92. The van der Waals surface area contributed by atoms with E-state index in [-0.39, 0.29) is 0 Å². The van der Waals surface area contributed by atoms with Gasteiger partial charge in [-0.25, -0.2) is 4.98 Å². The molecule has 21 heavy (non-hydrogen) atoms. The molecule has 2 heteroatoms. The van der Waals surface area contributed by atoms with Crippen molar-refractivity contribution in [2.45, 2.75) is 19.3 Å². The minimum Gasteiger partial charge on any atom is -0.369 e. The Morgan fingerprint density at radius 3 is 2.81 bits per heavy atom. The van der Waals surface area contributed by atoms with E-state index in [0.717, 1.165) is 18.1 Å². The number of nitrogens with zero attached hydrogens (tertiary/aromatic N) is 1. The predicted molar refractivity (Wildman–Crippen MR) is 87.9 cm³/mol. The van der Waals surface area contributed by atoms with Crippen molar-refractivity contribution in [2.75, 3.05) is 11.9 Å². The zero-order valence-electron chi connectivity index (χ0n) is 12.1. The van der Waals surface area contributed by atoms with E-state index in [4.69, 9.17) is 0 Å². The van der Waals surface area contributed by atoms with Gasteiger partial charge in [-0.3, -0.25) is 0 Å². The normalized spacial score (nSPS) is 16.3. The second-order valence-corrected chi connectivity index (χ2v) is 5.81. The maximum Gasteiger partial charge on any atom is 0.134 e. The summed E-state index contributed by atoms with van der Waals surface area (Å²) in [5.41, 5.74) is 4.04. The van der Waals surface area contributed by atoms with Crippen LogP contribution in [0.4, 0.5) is 5.82 Å². The maximum atomic E-state index is 4.68. The molecule has 1 aliphatic carbocycles. The van der Waals surface area contributed by atoms with Crippen LogP contribution < -0.4 is 5.32 Å². The zero-order valence-corrected chi connectivity index (χ0v) is 12.1. The van der Waals surface area contributed by atoms with E-state index in [9.17, 15) is 0 Å². The number of fused-ring (bicyclic) bond motifs is 2. The smallest absolute Gasteiger partial charge is 0.134 e. The summed E-state index contributed by atoms with van der Waals surface area (Å²) in [6, 6.07) is 19.3. The molecule has 0 saturated carbocycles. The van der Waals surface area contributed by atoms with Gasteiger partial charge >= 0.3 is 0 Å². The van der Waals surface area contributed by atoms with Crippen molar-refractivity contribution in [1.82, 2.24) is 4.98 Å². The molecule has 0 amide bonds. The topological polar surface area (TPSA) is 24.9 Å². The number of benzene rings is 2. The number of hydrogen-bond donors (Lipinski definition) is 1. The molecule has 104 valence electrons. The van der Waals surface area contributed by atoms with Gasteiger partial charge in [0, 0.05) is 23.5 Å². The molecule has 0 saturated heterocycles. The first kappa shape index (κ1) is 12.4. The summed E-state index contributed by atoms with van der Waals surface area (Å²) in [7, 11) is 0. The van der Waals surface area contributed by atoms with Crippen molar-refractivity contribution in [2.24, 2.45) is 0 Å². The van der Waals surface area contributed by atoms with Gasteiger partial charge in [0.2, 0.25) is 0 Å². The first-order valence-electron chi connectivity index (χ1n) is 7.49. The monoisotopic (exact) mass is 274 g/mol. The maximum absolute atomic E-state index is 4.68. The SMILES string of the molecule is Cc1cc2ccccc2c(NCC2Cc3ccccc32)n1. The van der Waals surface area contributed by atoms with Gasteiger partial charge in [-0.1, -0.05) is 48.5 Å². The first-order chi connectivity index (χ1) is 10.3. The largest absolute Gasteiger partial charge is 0.369 e. The Bertz CT molecular complexity index is 808. The molecule has 1 atom stereocenters. The number of aryl methyl sites for hydroxylation is 1. The number of hydrogen-bond acceptors (Lipinski definition) is 2. The molecule has 2 aromatic carbocycles. The number of nitrogens with one attached hydrogen (secondary N) is 1. The van der Waals surface area contributed by atoms with E-state index < -0.39 is 0 Å². The number of rotatable bonds is 3. The van der Waals surface area contributed by atoms with Crippen LogP contribution in [0.2, 0.25) is 0 Å². The molecule has 0 bridgehead atoms. The second-order valence-electron chi connectivity index (χ2n) is 5.81. The molecule has 0 radical (unpaired) electrons.